The van der Waals surface area contributed by atoms with Gasteiger partial charge in [-0.15, -0.1) is 0 Å². The molecular weight excluding hydrogens is 184 g/mol. The van der Waals surface area contributed by atoms with Crippen LogP contribution in [0.2, 0.25) is 0 Å². The Labute approximate surface area is 93.1 Å². The van der Waals surface area contributed by atoms with Crippen molar-refractivity contribution in [3.8, 4) is 0 Å². The molecule has 0 aliphatic rings. The second kappa shape index (κ2) is 5.76. The van der Waals surface area contributed by atoms with Gasteiger partial charge >= 0.3 is 0 Å². The minimum absolute atomic E-state index is 0.185. The molecule has 1 atom stereocenters. The highest BCUT2D eigenvalue weighted by molar-refractivity contribution is 5.47. The highest BCUT2D eigenvalue weighted by Crippen LogP contribution is 2.21. The van der Waals surface area contributed by atoms with Crippen molar-refractivity contribution in [1.29, 1.82) is 0 Å². The Kier molecular flexibility index (Phi) is 4.63. The number of nitrogens with zero attached hydrogens (tertiary/aromatic N) is 1. The minimum atomic E-state index is 0.185. The molecule has 2 nitrogen and oxygen atoms in total. The van der Waals surface area contributed by atoms with Gasteiger partial charge in [0.2, 0.25) is 0 Å². The molecule has 84 valence electrons. The van der Waals surface area contributed by atoms with E-state index in [-0.39, 0.29) is 6.04 Å². The number of nitrogens with two attached hydrogens (primary N) is 1. The Balaban J connectivity index is 2.71. The quantitative estimate of drug-likeness (QED) is 0.802. The largest absolute Gasteiger partial charge is 0.378 e. The normalized spacial score (nSPS) is 12.5. The third-order valence-electron chi connectivity index (χ3n) is 2.68. The van der Waals surface area contributed by atoms with Crippen molar-refractivity contribution in [2.45, 2.75) is 32.2 Å². The number of hydrogen-bond acceptors (Lipinski definition) is 2. The van der Waals surface area contributed by atoms with Crippen LogP contribution in [0.25, 0.3) is 0 Å². The predicted molar refractivity (Wildman–Crippen MR) is 67.2 cm³/mol. The Hall–Kier alpha value is -1.02. The Morgan fingerprint density at radius 1 is 1.33 bits per heavy atom. The van der Waals surface area contributed by atoms with Gasteiger partial charge in [-0.2, -0.15) is 0 Å². The minimum Gasteiger partial charge on any atom is -0.378 e. The first kappa shape index (κ1) is 12.1. The molecule has 15 heavy (non-hydrogen) atoms. The maximum Gasteiger partial charge on any atom is 0.0364 e. The predicted octanol–water partition coefficient (Wildman–Crippen LogP) is 2.94. The van der Waals surface area contributed by atoms with E-state index in [2.05, 4.69) is 50.2 Å². The lowest BCUT2D eigenvalue weighted by molar-refractivity contribution is 0.603. The zero-order chi connectivity index (χ0) is 11.3. The molecule has 0 spiro atoms. The van der Waals surface area contributed by atoms with Crippen LogP contribution in [0.5, 0.6) is 0 Å². The molecule has 0 fully saturated rings. The number of hydrogen-bond donors (Lipinski definition) is 1. The number of rotatable bonds is 5. The molecular formula is C13H22N2. The van der Waals surface area contributed by atoms with Gasteiger partial charge in [-0.05, 0) is 24.1 Å². The van der Waals surface area contributed by atoms with Gasteiger partial charge in [0, 0.05) is 25.8 Å². The summed E-state index contributed by atoms with van der Waals surface area (Å²) in [6, 6.07) is 8.67. The SMILES string of the molecule is CCCCC(N)c1cccc(N(C)C)c1. The fourth-order valence-electron chi connectivity index (χ4n) is 1.62. The fraction of sp³-hybridized carbons (Fsp3) is 0.538. The monoisotopic (exact) mass is 206 g/mol. The van der Waals surface area contributed by atoms with Crippen molar-refractivity contribution in [2.24, 2.45) is 5.73 Å². The zero-order valence-electron chi connectivity index (χ0n) is 10.0. The Morgan fingerprint density at radius 2 is 2.07 bits per heavy atom. The van der Waals surface area contributed by atoms with Crippen LogP contribution < -0.4 is 10.6 Å². The van der Waals surface area contributed by atoms with Crippen LogP contribution in [0.3, 0.4) is 0 Å². The summed E-state index contributed by atoms with van der Waals surface area (Å²) in [6.07, 6.45) is 3.49. The molecule has 0 radical (unpaired) electrons. The van der Waals surface area contributed by atoms with E-state index in [9.17, 15) is 0 Å². The van der Waals surface area contributed by atoms with E-state index >= 15 is 0 Å². The van der Waals surface area contributed by atoms with Gasteiger partial charge in [0.25, 0.3) is 0 Å². The topological polar surface area (TPSA) is 29.3 Å². The highest BCUT2D eigenvalue weighted by Gasteiger charge is 2.06. The van der Waals surface area contributed by atoms with Crippen LogP contribution in [0.1, 0.15) is 37.8 Å². The van der Waals surface area contributed by atoms with Crippen LogP contribution in [0, 0.1) is 0 Å². The zero-order valence-corrected chi connectivity index (χ0v) is 10.0. The molecule has 0 bridgehead atoms. The van der Waals surface area contributed by atoms with Crippen molar-refractivity contribution < 1.29 is 0 Å². The van der Waals surface area contributed by atoms with E-state index < -0.39 is 0 Å². The van der Waals surface area contributed by atoms with Gasteiger partial charge in [-0.25, -0.2) is 0 Å². The van der Waals surface area contributed by atoms with Crippen molar-refractivity contribution in [3.63, 3.8) is 0 Å². The van der Waals surface area contributed by atoms with Gasteiger partial charge < -0.3 is 10.6 Å². The van der Waals surface area contributed by atoms with Crippen molar-refractivity contribution in [1.82, 2.24) is 0 Å². The number of anilines is 1. The molecule has 0 amide bonds. The smallest absolute Gasteiger partial charge is 0.0364 e. The van der Waals surface area contributed by atoms with Gasteiger partial charge in [-0.1, -0.05) is 31.9 Å². The van der Waals surface area contributed by atoms with E-state index in [4.69, 9.17) is 5.73 Å². The summed E-state index contributed by atoms with van der Waals surface area (Å²) in [7, 11) is 4.10. The summed E-state index contributed by atoms with van der Waals surface area (Å²) >= 11 is 0. The lowest BCUT2D eigenvalue weighted by atomic mass is 10.0. The van der Waals surface area contributed by atoms with Crippen LogP contribution in [0.4, 0.5) is 5.69 Å². The molecule has 2 heteroatoms. The second-order valence-electron chi connectivity index (χ2n) is 4.24. The summed E-state index contributed by atoms with van der Waals surface area (Å²) < 4.78 is 0. The lowest BCUT2D eigenvalue weighted by Gasteiger charge is -2.16. The molecule has 0 aliphatic heterocycles. The molecule has 2 N–H and O–H groups in total. The summed E-state index contributed by atoms with van der Waals surface area (Å²) in [5, 5.41) is 0. The Bertz CT molecular complexity index is 294. The summed E-state index contributed by atoms with van der Waals surface area (Å²) in [6.45, 7) is 2.20. The molecule has 1 unspecified atom stereocenters. The third-order valence-corrected chi connectivity index (χ3v) is 2.68. The molecule has 0 saturated carbocycles. The van der Waals surface area contributed by atoms with Crippen LogP contribution in [0.15, 0.2) is 24.3 Å². The van der Waals surface area contributed by atoms with E-state index in [0.717, 1.165) is 6.42 Å². The van der Waals surface area contributed by atoms with Crippen molar-refractivity contribution in [2.75, 3.05) is 19.0 Å². The first-order chi connectivity index (χ1) is 7.15. The lowest BCUT2D eigenvalue weighted by Crippen LogP contribution is -2.13. The molecule has 0 saturated heterocycles. The average molecular weight is 206 g/mol. The highest BCUT2D eigenvalue weighted by atomic mass is 15.1. The Morgan fingerprint density at radius 3 is 2.67 bits per heavy atom. The first-order valence-electron chi connectivity index (χ1n) is 5.68. The standard InChI is InChI=1S/C13H22N2/c1-4-5-9-13(14)11-7-6-8-12(10-11)15(2)3/h6-8,10,13H,4-5,9,14H2,1-3H3. The number of benzene rings is 1. The summed E-state index contributed by atoms with van der Waals surface area (Å²) in [5.41, 5.74) is 8.60. The van der Waals surface area contributed by atoms with Gasteiger partial charge in [0.1, 0.15) is 0 Å². The average Bonchev–Trinajstić information content (AvgIpc) is 2.26. The number of unbranched alkanes of at least 4 members (excludes halogenated alkanes) is 1. The summed E-state index contributed by atoms with van der Waals surface area (Å²) in [5.74, 6) is 0. The van der Waals surface area contributed by atoms with Crippen molar-refractivity contribution >= 4 is 5.69 Å². The molecule has 0 aromatic heterocycles. The molecule has 1 rings (SSSR count). The van der Waals surface area contributed by atoms with Crippen molar-refractivity contribution in [3.05, 3.63) is 29.8 Å². The molecule has 0 aliphatic carbocycles. The second-order valence-corrected chi connectivity index (χ2v) is 4.24. The molecule has 0 heterocycles. The summed E-state index contributed by atoms with van der Waals surface area (Å²) in [4.78, 5) is 2.11. The maximum absolute atomic E-state index is 6.13. The van der Waals surface area contributed by atoms with Gasteiger partial charge in [0.05, 0.1) is 0 Å². The van der Waals surface area contributed by atoms with E-state index in [1.54, 1.807) is 0 Å². The first-order valence-corrected chi connectivity index (χ1v) is 5.68. The third kappa shape index (κ3) is 3.56. The van der Waals surface area contributed by atoms with Crippen LogP contribution in [-0.4, -0.2) is 14.1 Å². The maximum atomic E-state index is 6.13. The van der Waals surface area contributed by atoms with Crippen LogP contribution >= 0.6 is 0 Å². The fourth-order valence-corrected chi connectivity index (χ4v) is 1.62. The molecule has 1 aromatic rings. The van der Waals surface area contributed by atoms with E-state index in [1.165, 1.54) is 24.1 Å². The van der Waals surface area contributed by atoms with Gasteiger partial charge in [0.15, 0.2) is 0 Å². The van der Waals surface area contributed by atoms with Crippen LogP contribution in [-0.2, 0) is 0 Å². The van der Waals surface area contributed by atoms with E-state index in [1.807, 2.05) is 0 Å². The molecule has 1 aromatic carbocycles. The van der Waals surface area contributed by atoms with Gasteiger partial charge in [-0.3, -0.25) is 0 Å². The van der Waals surface area contributed by atoms with E-state index in [0.29, 0.717) is 0 Å².